The summed E-state index contributed by atoms with van der Waals surface area (Å²) in [6, 6.07) is 3.07. The van der Waals surface area contributed by atoms with Crippen molar-refractivity contribution in [3.63, 3.8) is 0 Å². The molecule has 2 rings (SSSR count). The summed E-state index contributed by atoms with van der Waals surface area (Å²) in [5.74, 6) is -0.131. The van der Waals surface area contributed by atoms with E-state index in [1.165, 1.54) is 6.07 Å². The zero-order valence-electron chi connectivity index (χ0n) is 7.87. The van der Waals surface area contributed by atoms with Gasteiger partial charge in [-0.05, 0) is 17.7 Å². The highest BCUT2D eigenvalue weighted by molar-refractivity contribution is 8.13. The second-order valence-corrected chi connectivity index (χ2v) is 5.97. The number of nitrogens with one attached hydrogen (secondary N) is 1. The molecule has 0 unspecified atom stereocenters. The number of carbonyl (C=O) groups excluding carboxylic acids is 1. The summed E-state index contributed by atoms with van der Waals surface area (Å²) in [4.78, 5) is 11.1. The highest BCUT2D eigenvalue weighted by Crippen LogP contribution is 2.25. The molecule has 0 spiro atoms. The fourth-order valence-electron chi connectivity index (χ4n) is 1.62. The average molecular weight is 243 g/mol. The first-order valence-corrected chi connectivity index (χ1v) is 6.57. The van der Waals surface area contributed by atoms with Gasteiger partial charge < -0.3 is 5.32 Å². The van der Waals surface area contributed by atoms with Crippen molar-refractivity contribution in [2.45, 2.75) is 11.3 Å². The van der Waals surface area contributed by atoms with E-state index in [2.05, 4.69) is 5.32 Å². The first-order valence-electron chi connectivity index (χ1n) is 4.26. The number of rotatable bonds is 1. The lowest BCUT2D eigenvalue weighted by atomic mass is 9.94. The normalized spacial score (nSPS) is 14.9. The van der Waals surface area contributed by atoms with Crippen molar-refractivity contribution >= 4 is 44.6 Å². The van der Waals surface area contributed by atoms with Crippen molar-refractivity contribution in [2.24, 2.45) is 0 Å². The van der Waals surface area contributed by atoms with E-state index in [0.717, 1.165) is 0 Å². The van der Waals surface area contributed by atoms with Crippen molar-refractivity contribution < 1.29 is 13.2 Å². The molecule has 0 saturated heterocycles. The van der Waals surface area contributed by atoms with E-state index in [-0.39, 0.29) is 17.2 Å². The first-order chi connectivity index (χ1) is 6.88. The summed E-state index contributed by atoms with van der Waals surface area (Å²) < 4.78 is 22.4. The second-order valence-electron chi connectivity index (χ2n) is 3.44. The Kier molecular flexibility index (Phi) is 2.28. The molecular formula is C8H7BClNO3S. The number of anilines is 1. The van der Waals surface area contributed by atoms with Gasteiger partial charge in [-0.1, -0.05) is 5.46 Å². The molecule has 0 aromatic heterocycles. The minimum Gasteiger partial charge on any atom is -0.326 e. The van der Waals surface area contributed by atoms with Crippen LogP contribution in [0.4, 0.5) is 5.69 Å². The zero-order valence-corrected chi connectivity index (χ0v) is 9.45. The summed E-state index contributed by atoms with van der Waals surface area (Å²) >= 11 is 0. The van der Waals surface area contributed by atoms with E-state index in [0.29, 0.717) is 16.7 Å². The maximum atomic E-state index is 11.2. The molecule has 0 fully saturated rings. The van der Waals surface area contributed by atoms with Gasteiger partial charge in [-0.3, -0.25) is 4.79 Å². The molecular weight excluding hydrogens is 236 g/mol. The molecule has 0 bridgehead atoms. The lowest BCUT2D eigenvalue weighted by molar-refractivity contribution is -0.115. The monoisotopic (exact) mass is 243 g/mol. The van der Waals surface area contributed by atoms with Crippen LogP contribution in [-0.2, 0) is 20.3 Å². The van der Waals surface area contributed by atoms with Gasteiger partial charge in [-0.2, -0.15) is 0 Å². The van der Waals surface area contributed by atoms with Crippen LogP contribution in [0.1, 0.15) is 5.56 Å². The van der Waals surface area contributed by atoms with E-state index >= 15 is 0 Å². The van der Waals surface area contributed by atoms with Gasteiger partial charge in [0.05, 0.1) is 11.3 Å². The lowest BCUT2D eigenvalue weighted by Gasteiger charge is -2.05. The average Bonchev–Trinajstić information content (AvgIpc) is 2.40. The molecule has 1 aromatic rings. The summed E-state index contributed by atoms with van der Waals surface area (Å²) in [6.07, 6.45) is 0.203. The van der Waals surface area contributed by atoms with Crippen LogP contribution in [0.15, 0.2) is 17.0 Å². The summed E-state index contributed by atoms with van der Waals surface area (Å²) in [7, 11) is 3.17. The number of amides is 1. The number of halogens is 1. The molecule has 15 heavy (non-hydrogen) atoms. The van der Waals surface area contributed by atoms with Crippen molar-refractivity contribution in [2.75, 3.05) is 5.32 Å². The summed E-state index contributed by atoms with van der Waals surface area (Å²) in [6.45, 7) is 0. The third kappa shape index (κ3) is 1.87. The SMILES string of the molecule is Bc1cc2c(cc1S(=O)(=O)Cl)CC(=O)N2. The molecule has 1 aromatic carbocycles. The van der Waals surface area contributed by atoms with Crippen LogP contribution < -0.4 is 10.8 Å². The zero-order chi connectivity index (χ0) is 11.2. The van der Waals surface area contributed by atoms with Crippen LogP contribution in [0.2, 0.25) is 0 Å². The van der Waals surface area contributed by atoms with Gasteiger partial charge in [0.2, 0.25) is 5.91 Å². The summed E-state index contributed by atoms with van der Waals surface area (Å²) in [5, 5.41) is 2.64. The highest BCUT2D eigenvalue weighted by atomic mass is 35.7. The topological polar surface area (TPSA) is 63.2 Å². The van der Waals surface area contributed by atoms with Crippen molar-refractivity contribution in [3.05, 3.63) is 17.7 Å². The summed E-state index contributed by atoms with van der Waals surface area (Å²) in [5.41, 5.74) is 1.87. The van der Waals surface area contributed by atoms with Crippen molar-refractivity contribution in [1.82, 2.24) is 0 Å². The molecule has 1 amide bonds. The molecule has 1 N–H and O–H groups in total. The number of hydrogen-bond acceptors (Lipinski definition) is 3. The first kappa shape index (κ1) is 10.5. The predicted molar refractivity (Wildman–Crippen MR) is 60.0 cm³/mol. The quantitative estimate of drug-likeness (QED) is 0.527. The molecule has 0 radical (unpaired) electrons. The van der Waals surface area contributed by atoms with Gasteiger partial charge in [0.15, 0.2) is 0 Å². The van der Waals surface area contributed by atoms with E-state index < -0.39 is 9.05 Å². The van der Waals surface area contributed by atoms with Gasteiger partial charge in [-0.25, -0.2) is 8.42 Å². The molecule has 7 heteroatoms. The lowest BCUT2D eigenvalue weighted by Crippen LogP contribution is -2.13. The molecule has 4 nitrogen and oxygen atoms in total. The molecule has 0 atom stereocenters. The molecule has 0 saturated carbocycles. The van der Waals surface area contributed by atoms with E-state index in [1.54, 1.807) is 13.9 Å². The van der Waals surface area contributed by atoms with Crippen LogP contribution in [-0.4, -0.2) is 22.2 Å². The maximum Gasteiger partial charge on any atom is 0.260 e. The van der Waals surface area contributed by atoms with Gasteiger partial charge in [0.1, 0.15) is 7.85 Å². The molecule has 1 aliphatic heterocycles. The van der Waals surface area contributed by atoms with Crippen LogP contribution in [0.5, 0.6) is 0 Å². The smallest absolute Gasteiger partial charge is 0.260 e. The van der Waals surface area contributed by atoms with Crippen molar-refractivity contribution in [1.29, 1.82) is 0 Å². The van der Waals surface area contributed by atoms with Crippen LogP contribution in [0, 0.1) is 0 Å². The maximum absolute atomic E-state index is 11.2. The predicted octanol–water partition coefficient (Wildman–Crippen LogP) is -0.633. The fourth-order valence-corrected chi connectivity index (χ4v) is 2.85. The Morgan fingerprint density at radius 2 is 2.07 bits per heavy atom. The molecule has 78 valence electrons. The van der Waals surface area contributed by atoms with E-state index in [9.17, 15) is 13.2 Å². The van der Waals surface area contributed by atoms with Crippen LogP contribution in [0.25, 0.3) is 0 Å². The van der Waals surface area contributed by atoms with Crippen LogP contribution >= 0.6 is 10.7 Å². The van der Waals surface area contributed by atoms with Gasteiger partial charge >= 0.3 is 0 Å². The van der Waals surface area contributed by atoms with Crippen molar-refractivity contribution in [3.8, 4) is 0 Å². The Balaban J connectivity index is 2.64. The number of hydrogen-bond donors (Lipinski definition) is 1. The van der Waals surface area contributed by atoms with Crippen LogP contribution in [0.3, 0.4) is 0 Å². The Bertz CT molecular complexity index is 555. The third-order valence-corrected chi connectivity index (χ3v) is 3.75. The van der Waals surface area contributed by atoms with Gasteiger partial charge in [0.25, 0.3) is 9.05 Å². The molecule has 0 aliphatic carbocycles. The second kappa shape index (κ2) is 3.25. The molecule has 1 heterocycles. The minimum atomic E-state index is -3.74. The fraction of sp³-hybridized carbons (Fsp3) is 0.125. The minimum absolute atomic E-state index is 0.0689. The number of benzene rings is 1. The largest absolute Gasteiger partial charge is 0.326 e. The number of fused-ring (bicyclic) bond motifs is 1. The Morgan fingerprint density at radius 1 is 1.40 bits per heavy atom. The standard InChI is InChI=1S/C8H7BClNO3S/c9-5-3-6-4(2-8(12)11-6)1-7(5)15(10,13)14/h1,3H,2,9H2,(H,11,12). The molecule has 1 aliphatic rings. The third-order valence-electron chi connectivity index (χ3n) is 2.29. The Hall–Kier alpha value is -1.01. The van der Waals surface area contributed by atoms with E-state index in [4.69, 9.17) is 10.7 Å². The highest BCUT2D eigenvalue weighted by Gasteiger charge is 2.22. The van der Waals surface area contributed by atoms with Gasteiger partial charge in [-0.15, -0.1) is 0 Å². The van der Waals surface area contributed by atoms with Gasteiger partial charge in [0, 0.05) is 16.4 Å². The Morgan fingerprint density at radius 3 is 2.67 bits per heavy atom. The van der Waals surface area contributed by atoms with E-state index in [1.807, 2.05) is 0 Å². The Labute approximate surface area is 92.5 Å². The number of carbonyl (C=O) groups is 1.